The molecule has 0 saturated carbocycles. The zero-order chi connectivity index (χ0) is 20.1. The zero-order valence-electron chi connectivity index (χ0n) is 16.4. The second-order valence-corrected chi connectivity index (χ2v) is 7.53. The van der Waals surface area contributed by atoms with Gasteiger partial charge in [0.05, 0.1) is 18.8 Å². The van der Waals surface area contributed by atoms with Gasteiger partial charge in [-0.3, -0.25) is 0 Å². The molecule has 1 aliphatic heterocycles. The van der Waals surface area contributed by atoms with E-state index in [0.29, 0.717) is 36.2 Å². The van der Waals surface area contributed by atoms with Gasteiger partial charge < -0.3 is 14.8 Å². The van der Waals surface area contributed by atoms with Crippen LogP contribution in [0.2, 0.25) is 0 Å². The molecule has 2 aromatic rings. The first-order valence-electron chi connectivity index (χ1n) is 9.53. The second kappa shape index (κ2) is 9.23. The maximum atomic E-state index is 13.0. The van der Waals surface area contributed by atoms with Crippen molar-refractivity contribution < 1.29 is 14.3 Å². The Morgan fingerprint density at radius 2 is 2.11 bits per heavy atom. The number of ether oxygens (including phenoxy) is 2. The Labute approximate surface area is 173 Å². The summed E-state index contributed by atoms with van der Waals surface area (Å²) in [7, 11) is 0. The number of esters is 1. The number of anilines is 1. The van der Waals surface area contributed by atoms with E-state index >= 15 is 0 Å². The summed E-state index contributed by atoms with van der Waals surface area (Å²) in [6.45, 7) is 6.94. The molecule has 0 amide bonds. The highest BCUT2D eigenvalue weighted by molar-refractivity contribution is 9.10. The van der Waals surface area contributed by atoms with Crippen LogP contribution in [0.3, 0.4) is 0 Å². The van der Waals surface area contributed by atoms with Crippen molar-refractivity contribution in [2.75, 3.05) is 18.5 Å². The first-order chi connectivity index (χ1) is 13.6. The summed E-state index contributed by atoms with van der Waals surface area (Å²) in [5.74, 6) is 0.935. The average Bonchev–Trinajstić information content (AvgIpc) is 3.14. The summed E-state index contributed by atoms with van der Waals surface area (Å²) in [5, 5.41) is 7.51. The molecular formula is C20H25BrN4O3. The van der Waals surface area contributed by atoms with Crippen LogP contribution in [0.1, 0.15) is 51.6 Å². The van der Waals surface area contributed by atoms with Gasteiger partial charge in [-0.1, -0.05) is 36.2 Å². The van der Waals surface area contributed by atoms with E-state index in [2.05, 4.69) is 45.2 Å². The molecule has 150 valence electrons. The number of nitrogens with zero attached hydrogens (tertiary/aromatic N) is 3. The monoisotopic (exact) mass is 448 g/mol. The van der Waals surface area contributed by atoms with Gasteiger partial charge >= 0.3 is 5.97 Å². The first-order valence-corrected chi connectivity index (χ1v) is 10.3. The largest absolute Gasteiger partial charge is 0.493 e. The third kappa shape index (κ3) is 4.22. The molecule has 0 bridgehead atoms. The molecule has 1 aromatic carbocycles. The number of carbonyl (C=O) groups is 1. The third-order valence-electron chi connectivity index (χ3n) is 4.47. The Morgan fingerprint density at radius 1 is 1.29 bits per heavy atom. The van der Waals surface area contributed by atoms with E-state index in [1.165, 1.54) is 6.33 Å². The van der Waals surface area contributed by atoms with Crippen LogP contribution in [0, 0.1) is 0 Å². The molecule has 7 nitrogen and oxygen atoms in total. The summed E-state index contributed by atoms with van der Waals surface area (Å²) in [4.78, 5) is 17.2. The maximum Gasteiger partial charge on any atom is 0.338 e. The molecule has 1 aromatic heterocycles. The van der Waals surface area contributed by atoms with Crippen molar-refractivity contribution in [2.24, 2.45) is 0 Å². The highest BCUT2D eigenvalue weighted by atomic mass is 79.9. The van der Waals surface area contributed by atoms with Gasteiger partial charge in [-0.15, -0.1) is 0 Å². The van der Waals surface area contributed by atoms with Crippen molar-refractivity contribution in [1.82, 2.24) is 14.8 Å². The highest BCUT2D eigenvalue weighted by Crippen LogP contribution is 2.40. The van der Waals surface area contributed by atoms with Crippen LogP contribution in [0.5, 0.6) is 5.75 Å². The Hall–Kier alpha value is -2.35. The quantitative estimate of drug-likeness (QED) is 0.474. The number of carbonyl (C=O) groups excluding carboxylic acids is 1. The predicted molar refractivity (Wildman–Crippen MR) is 110 cm³/mol. The van der Waals surface area contributed by atoms with Gasteiger partial charge in [0.2, 0.25) is 5.95 Å². The Bertz CT molecular complexity index is 878. The normalized spacial score (nSPS) is 15.8. The van der Waals surface area contributed by atoms with E-state index in [1.807, 2.05) is 25.1 Å². The standard InChI is InChI=1S/C20H25BrN4O3/c1-4-6-10-28-19(26)17-13(3)24-20-22-12-23-25(20)18(17)15-11-14(21)7-8-16(15)27-9-5-2/h7-8,11-12,18H,4-6,9-10H2,1-3H3,(H,22,23,24). The van der Waals surface area contributed by atoms with Crippen LogP contribution in [-0.2, 0) is 9.53 Å². The summed E-state index contributed by atoms with van der Waals surface area (Å²) in [5.41, 5.74) is 2.04. The van der Waals surface area contributed by atoms with Gasteiger partial charge in [-0.05, 0) is 38.0 Å². The van der Waals surface area contributed by atoms with Gasteiger partial charge in [0.1, 0.15) is 18.1 Å². The number of aromatic nitrogens is 3. The SMILES string of the molecule is CCCCOC(=O)C1=C(C)Nc2ncnn2C1c1cc(Br)ccc1OCCC. The lowest BCUT2D eigenvalue weighted by Crippen LogP contribution is -2.30. The molecule has 28 heavy (non-hydrogen) atoms. The van der Waals surface area contributed by atoms with E-state index in [1.54, 1.807) is 4.68 Å². The van der Waals surface area contributed by atoms with E-state index in [9.17, 15) is 4.79 Å². The minimum atomic E-state index is -0.489. The van der Waals surface area contributed by atoms with Gasteiger partial charge in [0.15, 0.2) is 0 Å². The number of unbranched alkanes of at least 4 members (excludes halogenated alkanes) is 1. The lowest BCUT2D eigenvalue weighted by atomic mass is 9.95. The molecule has 3 rings (SSSR count). The molecule has 1 atom stereocenters. The minimum absolute atomic E-state index is 0.356. The fourth-order valence-corrected chi connectivity index (χ4v) is 3.49. The molecule has 1 unspecified atom stereocenters. The lowest BCUT2D eigenvalue weighted by Gasteiger charge is -2.29. The average molecular weight is 449 g/mol. The van der Waals surface area contributed by atoms with Crippen molar-refractivity contribution in [3.05, 3.63) is 45.8 Å². The van der Waals surface area contributed by atoms with Crippen molar-refractivity contribution in [2.45, 2.75) is 46.1 Å². The number of nitrogens with one attached hydrogen (secondary N) is 1. The number of rotatable bonds is 8. The van der Waals surface area contributed by atoms with Crippen molar-refractivity contribution in [3.63, 3.8) is 0 Å². The molecule has 0 fully saturated rings. The van der Waals surface area contributed by atoms with Gasteiger partial charge in [0.25, 0.3) is 0 Å². The Balaban J connectivity index is 2.07. The predicted octanol–water partition coefficient (Wildman–Crippen LogP) is 4.46. The van der Waals surface area contributed by atoms with E-state index < -0.39 is 6.04 Å². The summed E-state index contributed by atoms with van der Waals surface area (Å²) >= 11 is 3.54. The summed E-state index contributed by atoms with van der Waals surface area (Å²) in [6.07, 6.45) is 4.14. The Kier molecular flexibility index (Phi) is 6.72. The number of hydrogen-bond acceptors (Lipinski definition) is 6. The molecule has 2 heterocycles. The summed E-state index contributed by atoms with van der Waals surface area (Å²) in [6, 6.07) is 5.30. The van der Waals surface area contributed by atoms with Crippen molar-refractivity contribution in [1.29, 1.82) is 0 Å². The topological polar surface area (TPSA) is 78.3 Å². The molecule has 0 radical (unpaired) electrons. The molecule has 0 spiro atoms. The number of halogens is 1. The van der Waals surface area contributed by atoms with Crippen LogP contribution in [0.15, 0.2) is 40.3 Å². The Morgan fingerprint density at radius 3 is 2.86 bits per heavy atom. The molecule has 0 aliphatic carbocycles. The first kappa shape index (κ1) is 20.4. The van der Waals surface area contributed by atoms with E-state index in [4.69, 9.17) is 9.47 Å². The highest BCUT2D eigenvalue weighted by Gasteiger charge is 2.36. The maximum absolute atomic E-state index is 13.0. The molecule has 8 heteroatoms. The zero-order valence-corrected chi connectivity index (χ0v) is 18.0. The van der Waals surface area contributed by atoms with E-state index in [0.717, 1.165) is 29.3 Å². The lowest BCUT2D eigenvalue weighted by molar-refractivity contribution is -0.139. The summed E-state index contributed by atoms with van der Waals surface area (Å²) < 4.78 is 14.1. The van der Waals surface area contributed by atoms with Crippen LogP contribution in [0.25, 0.3) is 0 Å². The number of hydrogen-bond donors (Lipinski definition) is 1. The molecule has 1 N–H and O–H groups in total. The number of benzene rings is 1. The molecule has 0 saturated heterocycles. The molecule has 1 aliphatic rings. The van der Waals surface area contributed by atoms with Crippen molar-refractivity contribution in [3.8, 4) is 5.75 Å². The van der Waals surface area contributed by atoms with Crippen molar-refractivity contribution >= 4 is 27.8 Å². The minimum Gasteiger partial charge on any atom is -0.493 e. The van der Waals surface area contributed by atoms with Crippen LogP contribution in [0.4, 0.5) is 5.95 Å². The van der Waals surface area contributed by atoms with Crippen LogP contribution < -0.4 is 10.1 Å². The fraction of sp³-hybridized carbons (Fsp3) is 0.450. The third-order valence-corrected chi connectivity index (χ3v) is 4.97. The van der Waals surface area contributed by atoms with E-state index in [-0.39, 0.29) is 5.97 Å². The fourth-order valence-electron chi connectivity index (χ4n) is 3.11. The van der Waals surface area contributed by atoms with Crippen LogP contribution in [-0.4, -0.2) is 33.9 Å². The second-order valence-electron chi connectivity index (χ2n) is 6.61. The smallest absolute Gasteiger partial charge is 0.338 e. The van der Waals surface area contributed by atoms with Crippen LogP contribution >= 0.6 is 15.9 Å². The number of fused-ring (bicyclic) bond motifs is 1. The van der Waals surface area contributed by atoms with Gasteiger partial charge in [0, 0.05) is 15.7 Å². The molecular weight excluding hydrogens is 424 g/mol. The van der Waals surface area contributed by atoms with Gasteiger partial charge in [-0.25, -0.2) is 9.48 Å². The number of allylic oxidation sites excluding steroid dienone is 1. The van der Waals surface area contributed by atoms with Gasteiger partial charge in [-0.2, -0.15) is 10.1 Å².